The molecule has 0 unspecified atom stereocenters. The summed E-state index contributed by atoms with van der Waals surface area (Å²) >= 11 is 6.03. The van der Waals surface area contributed by atoms with E-state index in [1.54, 1.807) is 24.5 Å². The number of carbonyl (C=O) groups excluding carboxylic acids is 2. The fourth-order valence-electron chi connectivity index (χ4n) is 4.52. The highest BCUT2D eigenvalue weighted by atomic mass is 35.5. The normalized spacial score (nSPS) is 19.8. The van der Waals surface area contributed by atoms with Gasteiger partial charge in [0.05, 0.1) is 24.4 Å². The minimum absolute atomic E-state index is 0.0788. The van der Waals surface area contributed by atoms with Crippen LogP contribution in [0.2, 0.25) is 5.02 Å². The van der Waals surface area contributed by atoms with Crippen LogP contribution < -0.4 is 10.6 Å². The Kier molecular flexibility index (Phi) is 5.64. The smallest absolute Gasteiger partial charge is 0.262 e. The largest absolute Gasteiger partial charge is 0.467 e. The Hall–Kier alpha value is -3.58. The van der Waals surface area contributed by atoms with Crippen LogP contribution in [0.1, 0.15) is 29.3 Å². The number of benzene rings is 2. The summed E-state index contributed by atoms with van der Waals surface area (Å²) < 4.78 is 5.63. The molecular weight excluding hydrogens is 440 g/mol. The molecule has 0 saturated heterocycles. The highest BCUT2D eigenvalue weighted by Crippen LogP contribution is 2.35. The van der Waals surface area contributed by atoms with Gasteiger partial charge >= 0.3 is 0 Å². The summed E-state index contributed by atoms with van der Waals surface area (Å²) in [5.41, 5.74) is 9.26. The molecule has 33 heavy (non-hydrogen) atoms. The number of carbonyl (C=O) groups is 2. The van der Waals surface area contributed by atoms with E-state index in [4.69, 9.17) is 21.8 Å². The molecule has 0 bridgehead atoms. The zero-order valence-electron chi connectivity index (χ0n) is 17.9. The predicted octanol–water partition coefficient (Wildman–Crippen LogP) is 3.77. The molecule has 3 aromatic rings. The maximum absolute atomic E-state index is 13.5. The first kappa shape index (κ1) is 21.3. The number of furan rings is 1. The van der Waals surface area contributed by atoms with Crippen LogP contribution in [0, 0.1) is 5.92 Å². The van der Waals surface area contributed by atoms with E-state index >= 15 is 0 Å². The number of para-hydroxylation sites is 1. The monoisotopic (exact) mass is 462 g/mol. The van der Waals surface area contributed by atoms with E-state index in [1.165, 1.54) is 5.01 Å². The molecule has 2 atom stereocenters. The lowest BCUT2D eigenvalue weighted by Crippen LogP contribution is -2.46. The molecule has 2 aliphatic rings. The van der Waals surface area contributed by atoms with Gasteiger partial charge in [-0.05, 0) is 47.9 Å². The summed E-state index contributed by atoms with van der Waals surface area (Å²) in [5, 5.41) is 6.82. The highest BCUT2D eigenvalue weighted by molar-refractivity contribution is 6.30. The van der Waals surface area contributed by atoms with Crippen LogP contribution in [0.15, 0.2) is 76.4 Å². The van der Waals surface area contributed by atoms with Crippen molar-refractivity contribution in [3.63, 3.8) is 0 Å². The van der Waals surface area contributed by atoms with Crippen molar-refractivity contribution in [2.24, 2.45) is 16.8 Å². The van der Waals surface area contributed by atoms with E-state index in [9.17, 15) is 9.59 Å². The molecule has 168 valence electrons. The van der Waals surface area contributed by atoms with Crippen molar-refractivity contribution in [2.75, 3.05) is 18.0 Å². The second kappa shape index (κ2) is 8.75. The molecular formula is C25H23ClN4O3. The Balaban J connectivity index is 1.44. The number of nitrogens with zero attached hydrogens (tertiary/aromatic N) is 3. The second-order valence-corrected chi connectivity index (χ2v) is 8.78. The molecule has 0 radical (unpaired) electrons. The van der Waals surface area contributed by atoms with Gasteiger partial charge in [0.15, 0.2) is 0 Å². The number of primary amides is 1. The standard InChI is InChI=1S/C25H23ClN4O3/c26-19-9-7-16(8-10-19)20-13-22(23-6-3-11-33-23)30(28-20)24(31)15-29-14-18(25(27)32)12-17-4-1-2-5-21(17)29/h1-11,18,22H,12-15H2,(H2,27,32)/t18-,22-/m0/s1. The van der Waals surface area contributed by atoms with E-state index in [1.807, 2.05) is 47.4 Å². The van der Waals surface area contributed by atoms with Gasteiger partial charge in [-0.15, -0.1) is 0 Å². The van der Waals surface area contributed by atoms with Crippen molar-refractivity contribution in [2.45, 2.75) is 18.9 Å². The molecule has 0 saturated carbocycles. The zero-order valence-corrected chi connectivity index (χ0v) is 18.6. The van der Waals surface area contributed by atoms with Crippen LogP contribution in [-0.2, 0) is 16.0 Å². The summed E-state index contributed by atoms with van der Waals surface area (Å²) in [7, 11) is 0. The molecule has 2 N–H and O–H groups in total. The highest BCUT2D eigenvalue weighted by Gasteiger charge is 2.37. The van der Waals surface area contributed by atoms with E-state index in [0.717, 1.165) is 22.5 Å². The summed E-state index contributed by atoms with van der Waals surface area (Å²) in [5.74, 6) is -0.217. The summed E-state index contributed by atoms with van der Waals surface area (Å²) in [6.07, 6.45) is 2.70. The molecule has 2 aliphatic heterocycles. The SMILES string of the molecule is NC(=O)[C@H]1Cc2ccccc2N(CC(=O)N2N=C(c3ccc(Cl)cc3)C[C@H]2c2ccco2)C1. The molecule has 0 spiro atoms. The van der Waals surface area contributed by atoms with Gasteiger partial charge in [-0.1, -0.05) is 41.9 Å². The van der Waals surface area contributed by atoms with Gasteiger partial charge in [0.1, 0.15) is 11.8 Å². The van der Waals surface area contributed by atoms with Crippen LogP contribution in [0.25, 0.3) is 0 Å². The number of anilines is 1. The van der Waals surface area contributed by atoms with Gasteiger partial charge in [0.25, 0.3) is 5.91 Å². The van der Waals surface area contributed by atoms with Crippen molar-refractivity contribution in [3.05, 3.63) is 88.8 Å². The first-order valence-corrected chi connectivity index (χ1v) is 11.2. The van der Waals surface area contributed by atoms with Gasteiger partial charge in [-0.25, -0.2) is 5.01 Å². The van der Waals surface area contributed by atoms with E-state index in [2.05, 4.69) is 5.10 Å². The maximum Gasteiger partial charge on any atom is 0.262 e. The van der Waals surface area contributed by atoms with Crippen LogP contribution in [0.3, 0.4) is 0 Å². The molecule has 0 aliphatic carbocycles. The van der Waals surface area contributed by atoms with Crippen molar-refractivity contribution >= 4 is 34.8 Å². The minimum Gasteiger partial charge on any atom is -0.467 e. The number of hydrazone groups is 1. The summed E-state index contributed by atoms with van der Waals surface area (Å²) in [6, 6.07) is 18.5. The third-order valence-corrected chi connectivity index (χ3v) is 6.43. The Bertz CT molecular complexity index is 1210. The molecule has 5 rings (SSSR count). The number of fused-ring (bicyclic) bond motifs is 1. The van der Waals surface area contributed by atoms with Crippen molar-refractivity contribution in [1.29, 1.82) is 0 Å². The maximum atomic E-state index is 13.5. The average molecular weight is 463 g/mol. The van der Waals surface area contributed by atoms with Crippen molar-refractivity contribution in [1.82, 2.24) is 5.01 Å². The molecule has 2 aromatic carbocycles. The minimum atomic E-state index is -0.361. The quantitative estimate of drug-likeness (QED) is 0.624. The van der Waals surface area contributed by atoms with Crippen LogP contribution in [-0.4, -0.2) is 35.6 Å². The van der Waals surface area contributed by atoms with E-state index in [-0.39, 0.29) is 30.3 Å². The van der Waals surface area contributed by atoms with Crippen LogP contribution in [0.4, 0.5) is 5.69 Å². The first-order chi connectivity index (χ1) is 16.0. The fraction of sp³-hybridized carbons (Fsp3) is 0.240. The lowest BCUT2D eigenvalue weighted by Gasteiger charge is -2.35. The van der Waals surface area contributed by atoms with Gasteiger partial charge in [-0.3, -0.25) is 9.59 Å². The number of hydrogen-bond acceptors (Lipinski definition) is 5. The lowest BCUT2D eigenvalue weighted by molar-refractivity contribution is -0.132. The summed E-state index contributed by atoms with van der Waals surface area (Å²) in [4.78, 5) is 27.4. The lowest BCUT2D eigenvalue weighted by atomic mass is 9.92. The fourth-order valence-corrected chi connectivity index (χ4v) is 4.65. The van der Waals surface area contributed by atoms with Gasteiger partial charge in [-0.2, -0.15) is 5.10 Å². The third kappa shape index (κ3) is 4.24. The molecule has 0 fully saturated rings. The number of hydrogen-bond donors (Lipinski definition) is 1. The van der Waals surface area contributed by atoms with Crippen molar-refractivity contribution < 1.29 is 14.0 Å². The van der Waals surface area contributed by atoms with Crippen LogP contribution >= 0.6 is 11.6 Å². The topological polar surface area (TPSA) is 92.1 Å². The number of amides is 2. The predicted molar refractivity (Wildman–Crippen MR) is 126 cm³/mol. The molecule has 3 heterocycles. The van der Waals surface area contributed by atoms with E-state index in [0.29, 0.717) is 30.2 Å². The molecule has 8 heteroatoms. The van der Waals surface area contributed by atoms with Crippen LogP contribution in [0.5, 0.6) is 0 Å². The number of halogens is 1. The molecule has 2 amide bonds. The number of rotatable bonds is 5. The Labute approximate surface area is 196 Å². The molecule has 1 aromatic heterocycles. The first-order valence-electron chi connectivity index (χ1n) is 10.8. The number of nitrogens with two attached hydrogens (primary N) is 1. The third-order valence-electron chi connectivity index (χ3n) is 6.18. The Morgan fingerprint density at radius 3 is 2.58 bits per heavy atom. The average Bonchev–Trinajstić information content (AvgIpc) is 3.49. The molecule has 7 nitrogen and oxygen atoms in total. The van der Waals surface area contributed by atoms with E-state index < -0.39 is 0 Å². The Morgan fingerprint density at radius 2 is 1.85 bits per heavy atom. The van der Waals surface area contributed by atoms with Crippen molar-refractivity contribution in [3.8, 4) is 0 Å². The zero-order chi connectivity index (χ0) is 22.9. The second-order valence-electron chi connectivity index (χ2n) is 8.34. The van der Waals surface area contributed by atoms with Gasteiger partial charge in [0, 0.05) is 23.7 Å². The van der Waals surface area contributed by atoms with Gasteiger partial charge in [0.2, 0.25) is 5.91 Å². The Morgan fingerprint density at radius 1 is 1.06 bits per heavy atom. The van der Waals surface area contributed by atoms with Gasteiger partial charge < -0.3 is 15.1 Å². The summed E-state index contributed by atoms with van der Waals surface area (Å²) in [6.45, 7) is 0.473.